The maximum absolute atomic E-state index is 13.2. The fourth-order valence-corrected chi connectivity index (χ4v) is 11.7. The van der Waals surface area contributed by atoms with Crippen molar-refractivity contribution in [3.8, 4) is 11.5 Å². The van der Waals surface area contributed by atoms with Crippen LogP contribution < -0.4 is 89.4 Å². The zero-order valence-corrected chi connectivity index (χ0v) is 55.6. The van der Waals surface area contributed by atoms with E-state index in [0.717, 1.165) is 19.1 Å². The van der Waals surface area contributed by atoms with E-state index in [2.05, 4.69) is 34.6 Å². The van der Waals surface area contributed by atoms with Crippen LogP contribution in [0.1, 0.15) is 13.8 Å². The Balaban J connectivity index is 0.0000108. The largest absolute Gasteiger partial charge is 1.00 e. The third kappa shape index (κ3) is 25.4. The van der Waals surface area contributed by atoms with Gasteiger partial charge in [-0.3, -0.25) is 41.5 Å². The van der Waals surface area contributed by atoms with E-state index in [9.17, 15) is 130 Å². The molecule has 512 valence electrons. The number of carbonyl (C=O) groups excluding carboxylic acids is 4. The van der Waals surface area contributed by atoms with Gasteiger partial charge < -0.3 is 83.3 Å². The van der Waals surface area contributed by atoms with E-state index in [0.29, 0.717) is 6.92 Å². The average Bonchev–Trinajstić information content (AvgIpc) is 0.769. The molecule has 4 aliphatic heterocycles. The van der Waals surface area contributed by atoms with E-state index in [1.165, 1.54) is 19.2 Å². The van der Waals surface area contributed by atoms with Crippen molar-refractivity contribution in [3.05, 3.63) is 24.3 Å². The molecule has 0 aromatic heterocycles. The molecule has 0 radical (unpaired) electrons. The molecule has 0 aliphatic carbocycles. The molecule has 4 aliphatic rings. The van der Waals surface area contributed by atoms with Crippen LogP contribution in [-0.4, -0.2) is 268 Å². The van der Waals surface area contributed by atoms with E-state index in [1.54, 1.807) is 0 Å². The predicted molar refractivity (Wildman–Crippen MR) is 257 cm³/mol. The Kier molecular flexibility index (Phi) is 29.7. The molecule has 1 aromatic rings. The van der Waals surface area contributed by atoms with Crippen molar-refractivity contribution in [2.45, 2.75) is 137 Å². The zero-order chi connectivity index (χ0) is 67.5. The van der Waals surface area contributed by atoms with Gasteiger partial charge in [0.15, 0.2) is 31.1 Å². The van der Waals surface area contributed by atoms with Crippen LogP contribution in [0, 0.1) is 0 Å². The number of rotatable bonds is 29. The Morgan fingerprint density at radius 1 is 0.440 bits per heavy atom. The summed E-state index contributed by atoms with van der Waals surface area (Å²) in [6, 6.07) is -0.366. The molecule has 47 nitrogen and oxygen atoms in total. The van der Waals surface area contributed by atoms with Crippen LogP contribution >= 0.6 is 0 Å². The minimum Gasteiger partial charge on any atom is -0.547 e. The molecule has 4 fully saturated rings. The van der Waals surface area contributed by atoms with Gasteiger partial charge in [-0.1, -0.05) is 0 Å². The summed E-state index contributed by atoms with van der Waals surface area (Å²) < 4.78 is 317. The minimum atomic E-state index is -6.21. The maximum Gasteiger partial charge on any atom is 1.00 e. The van der Waals surface area contributed by atoms with Gasteiger partial charge in [0, 0.05) is 13.8 Å². The van der Waals surface area contributed by atoms with E-state index in [1.807, 2.05) is 5.32 Å². The molecule has 20 atom stereocenters. The Bertz CT molecular complexity index is 3530. The number of nitrogens with one attached hydrogen (secondary N) is 2. The average molecular weight is 1490 g/mol. The van der Waals surface area contributed by atoms with Crippen molar-refractivity contribution < 1.29 is 261 Å². The van der Waals surface area contributed by atoms with Gasteiger partial charge in [-0.05, 0) is 24.3 Å². The van der Waals surface area contributed by atoms with Crippen molar-refractivity contribution in [2.75, 3.05) is 20.3 Å². The first-order chi connectivity index (χ1) is 40.5. The van der Waals surface area contributed by atoms with Crippen LogP contribution in [-0.2, 0) is 154 Å². The summed E-state index contributed by atoms with van der Waals surface area (Å²) >= 11 is 0. The van der Waals surface area contributed by atoms with Crippen LogP contribution in [0.5, 0.6) is 11.5 Å². The van der Waals surface area contributed by atoms with Gasteiger partial charge in [-0.25, -0.2) is 29.3 Å². The number of methoxy groups -OCH3 is 1. The summed E-state index contributed by atoms with van der Waals surface area (Å²) in [6.07, 6.45) is -54.6. The van der Waals surface area contributed by atoms with Gasteiger partial charge in [0.25, 0.3) is 0 Å². The van der Waals surface area contributed by atoms with Crippen molar-refractivity contribution in [1.82, 2.24) is 10.6 Å². The van der Waals surface area contributed by atoms with Crippen LogP contribution in [0.4, 0.5) is 0 Å². The Morgan fingerprint density at radius 3 is 1.09 bits per heavy atom. The quantitative estimate of drug-likeness (QED) is 0.0262. The number of hydrogen-bond donors (Lipinski definition) is 11. The molecule has 4 heterocycles. The zero-order valence-electron chi connectivity index (χ0n) is 45.9. The smallest absolute Gasteiger partial charge is 0.547 e. The standard InChI is InChI=1S/C35H50N2O45S7.2Na/c1-10(38)36-16-22(20(78-85(52,53)54)14(8-68-83(46,47)48)71-32(16)70-13-6-4-12(67-3)5-7-13)73-34-26(81-88(61,62)63)18(40)24(28(76-34)30(42)43)75-33-17(37-11(2)39)23(21(79-86(55,56)57)15(72-33)9-69-84(49,50)51)74-35-27(82-89(64,65)66)19(41)25(80-87(58,59)60)29(77-35)31(44)45;;/h4-7,14-29,32-35,40-41H,8-9H2,1-3H3,(H,36,38)(H,37,39)(H,42,43)(H,44,45)(H,46,47,48)(H,49,50,51)(H,52,53,54)(H,55,56,57)(H,58,59,60)(H,61,62,63)(H,64,65,66);;/q;2*+1/p-2/t14-,15-,16-,17-,18+,19+,20+,21+,22-,23-,24+,25+,26-,27-,28+,29-,32-,33+,34-,35-;;/m1../s1. The first kappa shape index (κ1) is 82.7. The fourth-order valence-electron chi connectivity index (χ4n) is 8.60. The van der Waals surface area contributed by atoms with E-state index >= 15 is 0 Å². The van der Waals surface area contributed by atoms with Crippen molar-refractivity contribution in [3.63, 3.8) is 0 Å². The molecule has 5 rings (SSSR count). The molecule has 4 saturated heterocycles. The molecular weight excluding hydrogens is 1440 g/mol. The number of aliphatic carboxylic acids is 2. The van der Waals surface area contributed by atoms with Gasteiger partial charge in [0.05, 0.1) is 32.3 Å². The summed E-state index contributed by atoms with van der Waals surface area (Å²) in [5.74, 6) is -8.24. The molecule has 0 unspecified atom stereocenters. The Morgan fingerprint density at radius 2 is 0.747 bits per heavy atom. The summed E-state index contributed by atoms with van der Waals surface area (Å²) in [5, 5.41) is 52.5. The third-order valence-corrected chi connectivity index (χ3v) is 14.8. The Hall–Kier alpha value is -2.57. The predicted octanol–water partition coefficient (Wildman–Crippen LogP) is -17.1. The molecule has 1 aromatic carbocycles. The first-order valence-electron chi connectivity index (χ1n) is 23.3. The van der Waals surface area contributed by atoms with Gasteiger partial charge in [0.1, 0.15) is 96.8 Å². The van der Waals surface area contributed by atoms with Gasteiger partial charge in [0.2, 0.25) is 18.1 Å². The van der Waals surface area contributed by atoms with Crippen LogP contribution in [0.3, 0.4) is 0 Å². The molecule has 0 saturated carbocycles. The number of carboxylic acids is 2. The molecular formula is C35H48N2Na2O45S7. The summed E-state index contributed by atoms with van der Waals surface area (Å²) in [6.45, 7) is -2.31. The fraction of sp³-hybridized carbons (Fsp3) is 0.714. The third-order valence-electron chi connectivity index (χ3n) is 11.6. The summed E-state index contributed by atoms with van der Waals surface area (Å²) in [5.41, 5.74) is 0. The van der Waals surface area contributed by atoms with Crippen molar-refractivity contribution in [2.24, 2.45) is 0 Å². The topological polar surface area (TPSA) is 707 Å². The van der Waals surface area contributed by atoms with Gasteiger partial charge in [-0.15, -0.1) is 0 Å². The normalized spacial score (nSPS) is 32.8. The van der Waals surface area contributed by atoms with Crippen LogP contribution in [0.25, 0.3) is 0 Å². The maximum atomic E-state index is 13.2. The number of aliphatic hydroxyl groups excluding tert-OH is 2. The van der Waals surface area contributed by atoms with Gasteiger partial charge in [-0.2, -0.15) is 58.9 Å². The van der Waals surface area contributed by atoms with Gasteiger partial charge >= 0.3 is 132 Å². The van der Waals surface area contributed by atoms with Crippen molar-refractivity contribution in [1.29, 1.82) is 0 Å². The molecule has 11 N–H and O–H groups in total. The molecule has 0 bridgehead atoms. The molecule has 0 spiro atoms. The second-order valence-electron chi connectivity index (χ2n) is 18.0. The number of hydrogen-bond acceptors (Lipinski definition) is 38. The number of ether oxygens (including phenoxy) is 9. The molecule has 56 heteroatoms. The SMILES string of the molecule is COc1ccc(O[C@@H]2O[C@H](COS(=O)(=O)O)[C@H](OS(=O)(=O)O)[C@H](O[C@@H]3O[C@H](C(=O)[O-])[C@@H](O[C@@H]4O[C@H](COS(=O)(=O)O)[C@H](OS(=O)(=O)O)[C@H](O[C@@H]5O[C@@H](C(=O)[O-])[C@@H](OS(=O)(=O)O)[C@H](O)[C@H]5OS(=O)(=O)O)[C@H]4NC(C)=O)[C@H](O)[C@H]3OS(=O)(=O)O)[C@H]2NC(C)=O)cc1.[Na+].[Na+]. The second kappa shape index (κ2) is 32.7. The van der Waals surface area contributed by atoms with Crippen molar-refractivity contribution >= 4 is 96.5 Å². The number of amides is 2. The number of carbonyl (C=O) groups is 4. The molecule has 91 heavy (non-hydrogen) atoms. The number of aliphatic hydroxyl groups is 2. The van der Waals surface area contributed by atoms with Crippen LogP contribution in [0.2, 0.25) is 0 Å². The van der Waals surface area contributed by atoms with E-state index < -0.39 is 232 Å². The summed E-state index contributed by atoms with van der Waals surface area (Å²) in [7, 11) is -40.7. The summed E-state index contributed by atoms with van der Waals surface area (Å²) in [4.78, 5) is 51.3. The minimum absolute atomic E-state index is 0. The number of carboxylic acid groups (broad SMARTS) is 2. The van der Waals surface area contributed by atoms with E-state index in [4.69, 9.17) is 42.6 Å². The monoisotopic (exact) mass is 1490 g/mol. The Labute approximate surface area is 556 Å². The second-order valence-corrected chi connectivity index (χ2v) is 25.4. The molecule has 2 amide bonds. The van der Waals surface area contributed by atoms with E-state index in [-0.39, 0.29) is 70.6 Å². The number of benzene rings is 1. The van der Waals surface area contributed by atoms with Crippen LogP contribution in [0.15, 0.2) is 24.3 Å². The first-order valence-corrected chi connectivity index (χ1v) is 32.8.